The van der Waals surface area contributed by atoms with Crippen molar-refractivity contribution in [1.29, 1.82) is 0 Å². The molecule has 240 valence electrons. The summed E-state index contributed by atoms with van der Waals surface area (Å²) in [7, 11) is 1.50. The largest absolute Gasteiger partial charge is 0.497 e. The lowest BCUT2D eigenvalue weighted by atomic mass is 10.1. The Balaban J connectivity index is 1.92. The highest BCUT2D eigenvalue weighted by molar-refractivity contribution is 5.92. The fraction of sp³-hybridized carbons (Fsp3) is 0.371. The van der Waals surface area contributed by atoms with E-state index in [9.17, 15) is 22.8 Å². The van der Waals surface area contributed by atoms with Crippen LogP contribution in [-0.2, 0) is 12.7 Å². The van der Waals surface area contributed by atoms with Gasteiger partial charge in [0.05, 0.1) is 23.6 Å². The monoisotopic (exact) mass is 625 g/mol. The third-order valence-corrected chi connectivity index (χ3v) is 7.19. The number of aryl methyl sites for hydroxylation is 2. The molecule has 7 nitrogen and oxygen atoms in total. The molecular formula is C35H38F3NO6. The quantitative estimate of drug-likeness (QED) is 0.122. The zero-order chi connectivity index (χ0) is 33.1. The predicted octanol–water partition coefficient (Wildman–Crippen LogP) is 8.56. The summed E-state index contributed by atoms with van der Waals surface area (Å²) in [6, 6.07) is 13.7. The van der Waals surface area contributed by atoms with Crippen molar-refractivity contribution in [3.05, 3.63) is 92.8 Å². The fourth-order valence-corrected chi connectivity index (χ4v) is 5.04. The molecule has 0 N–H and O–H groups in total. The topological polar surface area (TPSA) is 78.2 Å². The third-order valence-electron chi connectivity index (χ3n) is 7.19. The van der Waals surface area contributed by atoms with Crippen LogP contribution in [0.4, 0.5) is 13.2 Å². The summed E-state index contributed by atoms with van der Waals surface area (Å²) in [5.41, 5.74) is 0.742. The number of halogens is 3. The molecule has 0 saturated heterocycles. The Bertz CT molecular complexity index is 1720. The average Bonchev–Trinajstić information content (AvgIpc) is 2.96. The number of rotatable bonds is 11. The van der Waals surface area contributed by atoms with Crippen molar-refractivity contribution in [2.45, 2.75) is 54.3 Å². The van der Waals surface area contributed by atoms with E-state index in [1.54, 1.807) is 31.2 Å². The molecule has 0 unspecified atom stereocenters. The van der Waals surface area contributed by atoms with Crippen LogP contribution in [0.5, 0.6) is 23.0 Å². The smallest absolute Gasteiger partial charge is 0.453 e. The van der Waals surface area contributed by atoms with Crippen molar-refractivity contribution in [1.82, 2.24) is 4.90 Å². The van der Waals surface area contributed by atoms with Crippen LogP contribution in [0.15, 0.2) is 63.8 Å². The van der Waals surface area contributed by atoms with Crippen molar-refractivity contribution in [2.75, 3.05) is 20.2 Å². The van der Waals surface area contributed by atoms with Crippen molar-refractivity contribution >= 4 is 16.9 Å². The molecule has 0 fully saturated rings. The fourth-order valence-electron chi connectivity index (χ4n) is 5.04. The second-order valence-electron chi connectivity index (χ2n) is 12.0. The Labute approximate surface area is 260 Å². The third kappa shape index (κ3) is 8.05. The first kappa shape index (κ1) is 33.6. The van der Waals surface area contributed by atoms with Gasteiger partial charge >= 0.3 is 12.1 Å². The second-order valence-corrected chi connectivity index (χ2v) is 12.0. The molecule has 0 bridgehead atoms. The number of fused-ring (bicyclic) bond motifs is 1. The number of ether oxygens (including phenoxy) is 3. The van der Waals surface area contributed by atoms with Gasteiger partial charge in [-0.25, -0.2) is 4.79 Å². The highest BCUT2D eigenvalue weighted by atomic mass is 19.4. The van der Waals surface area contributed by atoms with Gasteiger partial charge in [0.1, 0.15) is 22.8 Å². The van der Waals surface area contributed by atoms with Gasteiger partial charge in [-0.2, -0.15) is 13.2 Å². The van der Waals surface area contributed by atoms with E-state index >= 15 is 0 Å². The minimum atomic E-state index is -5.06. The SMILES string of the molecule is COc1ccc(C(=O)Oc2ccc3c(=O)c(Oc4ccc(C)c(C)c4)c(C(F)(F)F)oc3c2CN(CC(C)C)CC(C)C)cc1. The number of esters is 1. The number of hydrogen-bond acceptors (Lipinski definition) is 7. The second kappa shape index (κ2) is 13.8. The lowest BCUT2D eigenvalue weighted by molar-refractivity contribution is -0.154. The highest BCUT2D eigenvalue weighted by Gasteiger charge is 2.41. The molecule has 4 rings (SSSR count). The Morgan fingerprint density at radius 1 is 0.889 bits per heavy atom. The maximum atomic E-state index is 14.5. The van der Waals surface area contributed by atoms with E-state index in [0.29, 0.717) is 18.8 Å². The van der Waals surface area contributed by atoms with Crippen molar-refractivity contribution in [2.24, 2.45) is 11.8 Å². The Morgan fingerprint density at radius 3 is 2.07 bits per heavy atom. The van der Waals surface area contributed by atoms with Crippen LogP contribution in [0.2, 0.25) is 0 Å². The molecule has 0 saturated carbocycles. The molecule has 0 spiro atoms. The summed E-state index contributed by atoms with van der Waals surface area (Å²) in [6.45, 7) is 13.0. The Morgan fingerprint density at radius 2 is 1.51 bits per heavy atom. The van der Waals surface area contributed by atoms with Gasteiger partial charge in [-0.3, -0.25) is 9.69 Å². The molecular weight excluding hydrogens is 587 g/mol. The van der Waals surface area contributed by atoms with Gasteiger partial charge < -0.3 is 18.6 Å². The number of benzene rings is 3. The van der Waals surface area contributed by atoms with Crippen LogP contribution in [0.25, 0.3) is 11.0 Å². The Hall–Kier alpha value is -4.31. The number of nitrogens with zero attached hydrogens (tertiary/aromatic N) is 1. The summed E-state index contributed by atoms with van der Waals surface area (Å²) in [5.74, 6) is -2.23. The minimum absolute atomic E-state index is 0.0140. The molecule has 3 aromatic carbocycles. The molecule has 0 radical (unpaired) electrons. The molecule has 10 heteroatoms. The van der Waals surface area contributed by atoms with E-state index in [4.69, 9.17) is 18.6 Å². The van der Waals surface area contributed by atoms with Crippen LogP contribution in [0.3, 0.4) is 0 Å². The van der Waals surface area contributed by atoms with Gasteiger partial charge in [0.2, 0.25) is 11.2 Å². The van der Waals surface area contributed by atoms with E-state index in [-0.39, 0.29) is 52.0 Å². The lowest BCUT2D eigenvalue weighted by Gasteiger charge is -2.27. The molecule has 1 heterocycles. The first-order valence-corrected chi connectivity index (χ1v) is 14.7. The number of methoxy groups -OCH3 is 1. The molecule has 0 amide bonds. The number of alkyl halides is 3. The van der Waals surface area contributed by atoms with Crippen LogP contribution >= 0.6 is 0 Å². The minimum Gasteiger partial charge on any atom is -0.497 e. The molecule has 0 aliphatic heterocycles. The van der Waals surface area contributed by atoms with Gasteiger partial charge in [-0.15, -0.1) is 0 Å². The van der Waals surface area contributed by atoms with Crippen molar-refractivity contribution in [3.8, 4) is 23.0 Å². The summed E-state index contributed by atoms with van der Waals surface area (Å²) in [5, 5.41) is -0.130. The molecule has 4 aromatic rings. The van der Waals surface area contributed by atoms with Gasteiger partial charge in [0.15, 0.2) is 0 Å². The van der Waals surface area contributed by atoms with Crippen LogP contribution in [0.1, 0.15) is 60.5 Å². The first-order valence-electron chi connectivity index (χ1n) is 14.7. The number of hydrogen-bond donors (Lipinski definition) is 0. The summed E-state index contributed by atoms with van der Waals surface area (Å²) < 4.78 is 65.6. The van der Waals surface area contributed by atoms with Crippen molar-refractivity contribution < 1.29 is 36.6 Å². The molecule has 45 heavy (non-hydrogen) atoms. The van der Waals surface area contributed by atoms with E-state index < -0.39 is 29.1 Å². The van der Waals surface area contributed by atoms with E-state index in [2.05, 4.69) is 0 Å². The normalized spacial score (nSPS) is 11.9. The van der Waals surface area contributed by atoms with E-state index in [1.807, 2.05) is 39.5 Å². The predicted molar refractivity (Wildman–Crippen MR) is 166 cm³/mol. The van der Waals surface area contributed by atoms with Gasteiger partial charge in [0.25, 0.3) is 5.76 Å². The van der Waals surface area contributed by atoms with E-state index in [1.165, 1.54) is 37.4 Å². The molecule has 0 aliphatic rings. The average molecular weight is 626 g/mol. The van der Waals surface area contributed by atoms with Crippen LogP contribution in [-0.4, -0.2) is 31.1 Å². The summed E-state index contributed by atoms with van der Waals surface area (Å²) in [6.07, 6.45) is -5.06. The molecule has 0 atom stereocenters. The van der Waals surface area contributed by atoms with E-state index in [0.717, 1.165) is 11.1 Å². The van der Waals surface area contributed by atoms with Crippen LogP contribution < -0.4 is 19.6 Å². The zero-order valence-corrected chi connectivity index (χ0v) is 26.5. The van der Waals surface area contributed by atoms with Gasteiger partial charge in [-0.1, -0.05) is 33.8 Å². The van der Waals surface area contributed by atoms with Gasteiger partial charge in [0, 0.05) is 19.6 Å². The number of carbonyl (C=O) groups excluding carboxylic acids is 1. The maximum Gasteiger partial charge on any atom is 0.453 e. The first-order chi connectivity index (χ1) is 21.2. The van der Waals surface area contributed by atoms with Crippen LogP contribution in [0, 0.1) is 25.7 Å². The molecule has 0 aliphatic carbocycles. The number of carbonyl (C=O) groups is 1. The van der Waals surface area contributed by atoms with Gasteiger partial charge in [-0.05, 0) is 85.3 Å². The molecule has 1 aromatic heterocycles. The maximum absolute atomic E-state index is 14.5. The van der Waals surface area contributed by atoms with Crippen molar-refractivity contribution in [3.63, 3.8) is 0 Å². The standard InChI is InChI=1S/C35H38F3NO6/c1-20(2)17-39(18-21(3)4)19-28-29(44-34(41)24-9-12-25(42-7)13-10-24)15-14-27-30(40)32(33(35(36,37)38)45-31(27)28)43-26-11-8-22(5)23(6)16-26/h8-16,20-21H,17-19H2,1-7H3. The Kier molecular flexibility index (Phi) is 10.3. The summed E-state index contributed by atoms with van der Waals surface area (Å²) >= 11 is 0. The lowest BCUT2D eigenvalue weighted by Crippen LogP contribution is -2.31. The highest BCUT2D eigenvalue weighted by Crippen LogP contribution is 2.40. The summed E-state index contributed by atoms with van der Waals surface area (Å²) in [4.78, 5) is 29.0. The zero-order valence-electron chi connectivity index (χ0n) is 26.5.